The lowest BCUT2D eigenvalue weighted by Crippen LogP contribution is -2.29. The van der Waals surface area contributed by atoms with Gasteiger partial charge in [-0.25, -0.2) is 4.98 Å². The molecule has 1 aromatic heterocycles. The number of methoxy groups -OCH3 is 1. The second-order valence-electron chi connectivity index (χ2n) is 9.28. The number of carbonyl (C=O) groups excluding carboxylic acids is 2. The molecular formula is C28H28N2O7S. The number of benzene rings is 2. The van der Waals surface area contributed by atoms with Crippen LogP contribution in [0.15, 0.2) is 53.5 Å². The molecule has 2 aromatic carbocycles. The van der Waals surface area contributed by atoms with Crippen molar-refractivity contribution < 1.29 is 33.6 Å². The lowest BCUT2D eigenvalue weighted by atomic mass is 9.95. The maximum Gasteiger partial charge on any atom is 0.301 e. The second kappa shape index (κ2) is 10.7. The Kier molecular flexibility index (Phi) is 7.24. The summed E-state index contributed by atoms with van der Waals surface area (Å²) in [5.41, 5.74) is 0.834. The third-order valence-corrected chi connectivity index (χ3v) is 7.11. The van der Waals surface area contributed by atoms with Crippen LogP contribution in [0.25, 0.3) is 5.76 Å². The van der Waals surface area contributed by atoms with Gasteiger partial charge in [0.1, 0.15) is 19.0 Å². The normalized spacial score (nSPS) is 18.2. The maximum atomic E-state index is 13.4. The first kappa shape index (κ1) is 25.6. The zero-order valence-electron chi connectivity index (χ0n) is 21.3. The highest BCUT2D eigenvalue weighted by atomic mass is 32.1. The smallest absolute Gasteiger partial charge is 0.301 e. The molecule has 1 N–H and O–H groups in total. The number of hydrogen-bond donors (Lipinski definition) is 1. The summed E-state index contributed by atoms with van der Waals surface area (Å²) in [6, 6.07) is 9.20. The number of rotatable bonds is 8. The van der Waals surface area contributed by atoms with Crippen molar-refractivity contribution in [2.24, 2.45) is 5.92 Å². The number of thiazole rings is 1. The van der Waals surface area contributed by atoms with Crippen LogP contribution in [0.1, 0.15) is 37.4 Å². The molecule has 1 atom stereocenters. The lowest BCUT2D eigenvalue weighted by Gasteiger charge is -2.24. The second-order valence-corrected chi connectivity index (χ2v) is 10.2. The first-order valence-corrected chi connectivity index (χ1v) is 13.2. The van der Waals surface area contributed by atoms with Crippen LogP contribution < -0.4 is 23.8 Å². The average molecular weight is 537 g/mol. The quantitative estimate of drug-likeness (QED) is 0.244. The largest absolute Gasteiger partial charge is 0.507 e. The van der Waals surface area contributed by atoms with Gasteiger partial charge < -0.3 is 24.1 Å². The molecule has 3 aromatic rings. The summed E-state index contributed by atoms with van der Waals surface area (Å²) in [7, 11) is 1.53. The van der Waals surface area contributed by atoms with Gasteiger partial charge in [0.05, 0.1) is 25.3 Å². The Morgan fingerprint density at radius 2 is 1.92 bits per heavy atom. The molecule has 198 valence electrons. The molecule has 1 unspecified atom stereocenters. The van der Waals surface area contributed by atoms with E-state index in [0.717, 1.165) is 6.42 Å². The first-order chi connectivity index (χ1) is 18.4. The topological polar surface area (TPSA) is 107 Å². The molecule has 2 aliphatic rings. The van der Waals surface area contributed by atoms with Gasteiger partial charge in [-0.2, -0.15) is 0 Å². The van der Waals surface area contributed by atoms with Gasteiger partial charge in [0.25, 0.3) is 5.78 Å². The van der Waals surface area contributed by atoms with Gasteiger partial charge in [0.15, 0.2) is 28.1 Å². The number of nitrogens with zero attached hydrogens (tertiary/aromatic N) is 2. The highest BCUT2D eigenvalue weighted by molar-refractivity contribution is 7.14. The van der Waals surface area contributed by atoms with E-state index in [9.17, 15) is 14.7 Å². The summed E-state index contributed by atoms with van der Waals surface area (Å²) in [4.78, 5) is 32.3. The van der Waals surface area contributed by atoms with Crippen molar-refractivity contribution >= 4 is 33.9 Å². The van der Waals surface area contributed by atoms with Crippen LogP contribution in [0, 0.1) is 5.92 Å². The third-order valence-electron chi connectivity index (χ3n) is 6.34. The van der Waals surface area contributed by atoms with Crippen LogP contribution >= 0.6 is 11.3 Å². The Morgan fingerprint density at radius 1 is 1.13 bits per heavy atom. The van der Waals surface area contributed by atoms with Crippen molar-refractivity contribution in [3.8, 4) is 23.0 Å². The molecule has 5 rings (SSSR count). The fraction of sp³-hybridized carbons (Fsp3) is 0.321. The van der Waals surface area contributed by atoms with Crippen LogP contribution in [-0.2, 0) is 9.59 Å². The van der Waals surface area contributed by atoms with Crippen molar-refractivity contribution in [1.82, 2.24) is 4.98 Å². The minimum absolute atomic E-state index is 0.0580. The number of hydrogen-bond acceptors (Lipinski definition) is 9. The monoisotopic (exact) mass is 536 g/mol. The Labute approximate surface area is 224 Å². The number of aliphatic hydroxyl groups excluding tert-OH is 1. The molecular weight excluding hydrogens is 508 g/mol. The fourth-order valence-electron chi connectivity index (χ4n) is 4.40. The molecule has 1 fully saturated rings. The summed E-state index contributed by atoms with van der Waals surface area (Å²) in [5, 5.41) is 13.5. The summed E-state index contributed by atoms with van der Waals surface area (Å²) in [5.74, 6) is 0.583. The Hall–Kier alpha value is -4.05. The van der Waals surface area contributed by atoms with Gasteiger partial charge in [-0.3, -0.25) is 14.5 Å². The summed E-state index contributed by atoms with van der Waals surface area (Å²) >= 11 is 1.22. The number of carbonyl (C=O) groups is 2. The first-order valence-electron chi connectivity index (χ1n) is 12.3. The number of aromatic nitrogens is 1. The van der Waals surface area contributed by atoms with Gasteiger partial charge >= 0.3 is 5.91 Å². The molecule has 0 radical (unpaired) electrons. The third kappa shape index (κ3) is 4.79. The van der Waals surface area contributed by atoms with Gasteiger partial charge in [-0.05, 0) is 48.2 Å². The van der Waals surface area contributed by atoms with E-state index in [2.05, 4.69) is 18.8 Å². The van der Waals surface area contributed by atoms with Gasteiger partial charge in [-0.1, -0.05) is 19.9 Å². The highest BCUT2D eigenvalue weighted by Gasteiger charge is 2.48. The van der Waals surface area contributed by atoms with Crippen molar-refractivity contribution in [3.63, 3.8) is 0 Å². The van der Waals surface area contributed by atoms with Crippen LogP contribution in [0.2, 0.25) is 0 Å². The van der Waals surface area contributed by atoms with Crippen LogP contribution in [0.5, 0.6) is 23.0 Å². The van der Waals surface area contributed by atoms with Gasteiger partial charge in [0, 0.05) is 17.1 Å². The van der Waals surface area contributed by atoms with E-state index in [1.54, 1.807) is 48.0 Å². The summed E-state index contributed by atoms with van der Waals surface area (Å²) in [6.07, 6.45) is 2.44. The van der Waals surface area contributed by atoms with E-state index in [1.165, 1.54) is 23.3 Å². The molecule has 0 bridgehead atoms. The van der Waals surface area contributed by atoms with E-state index in [-0.39, 0.29) is 11.3 Å². The number of aliphatic hydroxyl groups is 1. The Balaban J connectivity index is 1.61. The average Bonchev–Trinajstić information content (AvgIpc) is 3.54. The molecule has 1 saturated heterocycles. The number of anilines is 1. The standard InChI is InChI=1S/C28H28N2O7S/c1-16(2)8-10-35-19-6-4-17(14-21(19)34-3)24-23(26(32)27(33)30(24)28-29-9-13-38-28)25(31)18-5-7-20-22(15-18)37-12-11-36-20/h4-7,9,13-16,24,31H,8,10-12H2,1-3H3. The zero-order valence-corrected chi connectivity index (χ0v) is 22.1. The number of fused-ring (bicyclic) bond motifs is 1. The van der Waals surface area contributed by atoms with Crippen molar-refractivity contribution in [2.75, 3.05) is 31.8 Å². The molecule has 1 amide bonds. The summed E-state index contributed by atoms with van der Waals surface area (Å²) in [6.45, 7) is 5.56. The highest BCUT2D eigenvalue weighted by Crippen LogP contribution is 2.45. The molecule has 2 aliphatic heterocycles. The van der Waals surface area contributed by atoms with E-state index >= 15 is 0 Å². The minimum Gasteiger partial charge on any atom is -0.507 e. The zero-order chi connectivity index (χ0) is 26.8. The van der Waals surface area contributed by atoms with Crippen LogP contribution in [-0.4, -0.2) is 48.7 Å². The minimum atomic E-state index is -0.937. The Morgan fingerprint density at radius 3 is 2.63 bits per heavy atom. The van der Waals surface area contributed by atoms with E-state index in [4.69, 9.17) is 18.9 Å². The molecule has 0 spiro atoms. The molecule has 0 saturated carbocycles. The molecule has 3 heterocycles. The van der Waals surface area contributed by atoms with Crippen LogP contribution in [0.3, 0.4) is 0 Å². The predicted molar refractivity (Wildman–Crippen MR) is 142 cm³/mol. The molecule has 9 nitrogen and oxygen atoms in total. The number of ether oxygens (including phenoxy) is 4. The van der Waals surface area contributed by atoms with E-state index < -0.39 is 17.7 Å². The molecule has 0 aliphatic carbocycles. The Bertz CT molecular complexity index is 1380. The molecule has 38 heavy (non-hydrogen) atoms. The lowest BCUT2D eigenvalue weighted by molar-refractivity contribution is -0.132. The van der Waals surface area contributed by atoms with Crippen molar-refractivity contribution in [2.45, 2.75) is 26.3 Å². The van der Waals surface area contributed by atoms with E-state index in [0.29, 0.717) is 65.0 Å². The van der Waals surface area contributed by atoms with E-state index in [1.807, 2.05) is 0 Å². The fourth-order valence-corrected chi connectivity index (χ4v) is 5.07. The SMILES string of the molecule is COc1cc(C2C(=C(O)c3ccc4c(c3)OCCO4)C(=O)C(=O)N2c2nccs2)ccc1OCCC(C)C. The van der Waals surface area contributed by atoms with Crippen LogP contribution in [0.4, 0.5) is 5.13 Å². The molecule has 10 heteroatoms. The predicted octanol–water partition coefficient (Wildman–Crippen LogP) is 4.97. The van der Waals surface area contributed by atoms with Crippen molar-refractivity contribution in [1.29, 1.82) is 0 Å². The number of ketones is 1. The van der Waals surface area contributed by atoms with Gasteiger partial charge in [-0.15, -0.1) is 11.3 Å². The number of Topliss-reactive ketones (excluding diaryl/α,β-unsaturated/α-hetero) is 1. The van der Waals surface area contributed by atoms with Gasteiger partial charge in [0.2, 0.25) is 0 Å². The maximum absolute atomic E-state index is 13.4. The summed E-state index contributed by atoms with van der Waals surface area (Å²) < 4.78 is 22.7. The number of amides is 1. The van der Waals surface area contributed by atoms with Crippen molar-refractivity contribution in [3.05, 3.63) is 64.7 Å².